The number of aromatic nitrogens is 3. The Hall–Kier alpha value is -1.95. The third kappa shape index (κ3) is 3.21. The molecule has 3 rings (SSSR count). The van der Waals surface area contributed by atoms with Gasteiger partial charge in [0.1, 0.15) is 16.4 Å². The molecule has 0 aliphatic heterocycles. The molecule has 2 aromatic rings. The molecule has 108 valence electrons. The van der Waals surface area contributed by atoms with Crippen molar-refractivity contribution < 1.29 is 9.90 Å². The van der Waals surface area contributed by atoms with Crippen LogP contribution in [0.4, 0.5) is 0 Å². The third-order valence-electron chi connectivity index (χ3n) is 3.52. The Labute approximate surface area is 126 Å². The van der Waals surface area contributed by atoms with Crippen LogP contribution in [0.5, 0.6) is 0 Å². The molecular formula is C15H15N3O2S. The number of carbonyl (C=O) groups is 1. The molecule has 0 unspecified atom stereocenters. The van der Waals surface area contributed by atoms with Gasteiger partial charge >= 0.3 is 5.97 Å². The highest BCUT2D eigenvalue weighted by Crippen LogP contribution is 2.31. The van der Waals surface area contributed by atoms with E-state index in [4.69, 9.17) is 5.11 Å². The van der Waals surface area contributed by atoms with E-state index in [0.29, 0.717) is 0 Å². The van der Waals surface area contributed by atoms with Gasteiger partial charge in [-0.25, -0.2) is 19.7 Å². The van der Waals surface area contributed by atoms with Crippen molar-refractivity contribution in [3.8, 4) is 0 Å². The van der Waals surface area contributed by atoms with E-state index in [1.165, 1.54) is 42.8 Å². The monoisotopic (exact) mass is 301 g/mol. The zero-order valence-corrected chi connectivity index (χ0v) is 12.3. The van der Waals surface area contributed by atoms with E-state index in [9.17, 15) is 4.79 Å². The van der Waals surface area contributed by atoms with Gasteiger partial charge in [0.05, 0.1) is 5.56 Å². The van der Waals surface area contributed by atoms with Crippen molar-refractivity contribution in [3.63, 3.8) is 0 Å². The van der Waals surface area contributed by atoms with E-state index in [2.05, 4.69) is 15.0 Å². The topological polar surface area (TPSA) is 76.0 Å². The molecule has 2 heterocycles. The van der Waals surface area contributed by atoms with Crippen LogP contribution in [0.1, 0.15) is 40.9 Å². The summed E-state index contributed by atoms with van der Waals surface area (Å²) in [5.74, 6) is -0.963. The van der Waals surface area contributed by atoms with Crippen LogP contribution in [0.25, 0.3) is 0 Å². The molecule has 21 heavy (non-hydrogen) atoms. The molecule has 0 bridgehead atoms. The predicted octanol–water partition coefficient (Wildman–Crippen LogP) is 2.99. The second kappa shape index (κ2) is 6.22. The number of aryl methyl sites for hydroxylation is 1. The minimum Gasteiger partial charge on any atom is -0.478 e. The van der Waals surface area contributed by atoms with Gasteiger partial charge in [-0.2, -0.15) is 0 Å². The van der Waals surface area contributed by atoms with Crippen molar-refractivity contribution in [3.05, 3.63) is 41.5 Å². The highest BCUT2D eigenvalue weighted by Gasteiger charge is 2.15. The lowest BCUT2D eigenvalue weighted by Crippen LogP contribution is -2.01. The van der Waals surface area contributed by atoms with Crippen molar-refractivity contribution in [2.45, 2.75) is 42.2 Å². The lowest BCUT2D eigenvalue weighted by Gasteiger charge is -2.09. The molecule has 2 aromatic heterocycles. The zero-order valence-electron chi connectivity index (χ0n) is 11.5. The maximum atomic E-state index is 10.8. The van der Waals surface area contributed by atoms with Crippen molar-refractivity contribution in [1.82, 2.24) is 15.0 Å². The average molecular weight is 301 g/mol. The quantitative estimate of drug-likeness (QED) is 0.694. The maximum absolute atomic E-state index is 10.8. The first-order chi connectivity index (χ1) is 10.2. The molecule has 0 atom stereocenters. The van der Waals surface area contributed by atoms with Crippen LogP contribution < -0.4 is 0 Å². The van der Waals surface area contributed by atoms with Gasteiger partial charge in [-0.1, -0.05) is 6.42 Å². The number of fused-ring (bicyclic) bond motifs is 1. The lowest BCUT2D eigenvalue weighted by molar-refractivity contribution is 0.0696. The number of carboxylic acid groups (broad SMARTS) is 1. The molecule has 0 spiro atoms. The van der Waals surface area contributed by atoms with Crippen LogP contribution in [0.2, 0.25) is 0 Å². The Balaban J connectivity index is 1.86. The first-order valence-electron chi connectivity index (χ1n) is 6.94. The first kappa shape index (κ1) is 14.0. The lowest BCUT2D eigenvalue weighted by atomic mass is 10.1. The van der Waals surface area contributed by atoms with E-state index >= 15 is 0 Å². The van der Waals surface area contributed by atoms with E-state index in [1.54, 1.807) is 18.5 Å². The Kier molecular flexibility index (Phi) is 4.15. The van der Waals surface area contributed by atoms with Gasteiger partial charge in [0.25, 0.3) is 0 Å². The van der Waals surface area contributed by atoms with Gasteiger partial charge in [-0.3, -0.25) is 0 Å². The summed E-state index contributed by atoms with van der Waals surface area (Å²) in [4.78, 5) is 23.8. The molecular weight excluding hydrogens is 286 g/mol. The number of hydrogen-bond donors (Lipinski definition) is 1. The highest BCUT2D eigenvalue weighted by atomic mass is 32.2. The molecule has 5 nitrogen and oxygen atoms in total. The number of hydrogen-bond acceptors (Lipinski definition) is 5. The van der Waals surface area contributed by atoms with E-state index in [1.807, 2.05) is 0 Å². The van der Waals surface area contributed by atoms with Gasteiger partial charge in [-0.05, 0) is 49.6 Å². The molecule has 1 aliphatic carbocycles. The minimum absolute atomic E-state index is 0.195. The Bertz CT molecular complexity index is 658. The second-order valence-corrected chi connectivity index (χ2v) is 5.97. The van der Waals surface area contributed by atoms with Crippen molar-refractivity contribution in [1.29, 1.82) is 0 Å². The summed E-state index contributed by atoms with van der Waals surface area (Å²) in [6.45, 7) is 0. The number of rotatable bonds is 3. The summed E-state index contributed by atoms with van der Waals surface area (Å²) >= 11 is 1.48. The van der Waals surface area contributed by atoms with Crippen LogP contribution in [-0.4, -0.2) is 26.0 Å². The van der Waals surface area contributed by atoms with Gasteiger partial charge in [0, 0.05) is 17.5 Å². The largest absolute Gasteiger partial charge is 0.478 e. The molecule has 0 amide bonds. The SMILES string of the molecule is O=C(O)c1ccc(Sc2ncnc3c2CCCCC3)nc1. The predicted molar refractivity (Wildman–Crippen MR) is 78.6 cm³/mol. The summed E-state index contributed by atoms with van der Waals surface area (Å²) in [5, 5.41) is 10.6. The number of carboxylic acids is 1. The molecule has 0 radical (unpaired) electrons. The number of pyridine rings is 1. The van der Waals surface area contributed by atoms with E-state index < -0.39 is 5.97 Å². The molecule has 0 saturated heterocycles. The third-order valence-corrected chi connectivity index (χ3v) is 4.52. The van der Waals surface area contributed by atoms with Gasteiger partial charge in [0.2, 0.25) is 0 Å². The van der Waals surface area contributed by atoms with Gasteiger partial charge in [-0.15, -0.1) is 0 Å². The van der Waals surface area contributed by atoms with E-state index in [0.717, 1.165) is 28.6 Å². The fraction of sp³-hybridized carbons (Fsp3) is 0.333. The summed E-state index contributed by atoms with van der Waals surface area (Å²) in [7, 11) is 0. The summed E-state index contributed by atoms with van der Waals surface area (Å²) in [6.07, 6.45) is 8.58. The number of aromatic carboxylic acids is 1. The van der Waals surface area contributed by atoms with Crippen LogP contribution in [0, 0.1) is 0 Å². The fourth-order valence-electron chi connectivity index (χ4n) is 2.42. The molecule has 0 fully saturated rings. The summed E-state index contributed by atoms with van der Waals surface area (Å²) in [6, 6.07) is 3.29. The van der Waals surface area contributed by atoms with Crippen LogP contribution in [0.15, 0.2) is 34.7 Å². The fourth-order valence-corrected chi connectivity index (χ4v) is 3.30. The zero-order chi connectivity index (χ0) is 14.7. The van der Waals surface area contributed by atoms with Crippen LogP contribution >= 0.6 is 11.8 Å². The summed E-state index contributed by atoms with van der Waals surface area (Å²) in [5.41, 5.74) is 2.57. The Morgan fingerprint density at radius 3 is 2.71 bits per heavy atom. The molecule has 0 aromatic carbocycles. The molecule has 6 heteroatoms. The first-order valence-corrected chi connectivity index (χ1v) is 7.75. The van der Waals surface area contributed by atoms with E-state index in [-0.39, 0.29) is 5.56 Å². The number of nitrogens with zero attached hydrogens (tertiary/aromatic N) is 3. The Morgan fingerprint density at radius 1 is 1.10 bits per heavy atom. The van der Waals surface area contributed by atoms with Crippen LogP contribution in [0.3, 0.4) is 0 Å². The van der Waals surface area contributed by atoms with Crippen molar-refractivity contribution in [2.24, 2.45) is 0 Å². The summed E-state index contributed by atoms with van der Waals surface area (Å²) < 4.78 is 0. The normalized spacial score (nSPS) is 14.3. The van der Waals surface area contributed by atoms with Gasteiger partial charge in [0.15, 0.2) is 0 Å². The smallest absolute Gasteiger partial charge is 0.337 e. The molecule has 0 saturated carbocycles. The molecule has 1 N–H and O–H groups in total. The highest BCUT2D eigenvalue weighted by molar-refractivity contribution is 7.99. The maximum Gasteiger partial charge on any atom is 0.337 e. The average Bonchev–Trinajstić information content (AvgIpc) is 2.74. The minimum atomic E-state index is -0.963. The molecule has 1 aliphatic rings. The second-order valence-electron chi connectivity index (χ2n) is 4.96. The van der Waals surface area contributed by atoms with Crippen LogP contribution in [-0.2, 0) is 12.8 Å². The standard InChI is InChI=1S/C15H15N3O2S/c19-15(20)10-6-7-13(16-8-10)21-14-11-4-2-1-3-5-12(11)17-9-18-14/h6-9H,1-5H2,(H,19,20). The van der Waals surface area contributed by atoms with Gasteiger partial charge < -0.3 is 5.11 Å². The van der Waals surface area contributed by atoms with Crippen molar-refractivity contribution in [2.75, 3.05) is 0 Å². The Morgan fingerprint density at radius 2 is 1.95 bits per heavy atom. The van der Waals surface area contributed by atoms with Crippen molar-refractivity contribution >= 4 is 17.7 Å².